The van der Waals surface area contributed by atoms with Gasteiger partial charge >= 0.3 is 0 Å². The number of rotatable bonds is 4. The van der Waals surface area contributed by atoms with E-state index in [1.54, 1.807) is 12.1 Å². The molecule has 4 nitrogen and oxygen atoms in total. The van der Waals surface area contributed by atoms with Gasteiger partial charge in [-0.05, 0) is 30.4 Å². The van der Waals surface area contributed by atoms with Gasteiger partial charge in [0.2, 0.25) is 0 Å². The van der Waals surface area contributed by atoms with E-state index in [9.17, 15) is 4.79 Å². The minimum absolute atomic E-state index is 0.383. The lowest BCUT2D eigenvalue weighted by Crippen LogP contribution is -2.15. The van der Waals surface area contributed by atoms with Gasteiger partial charge in [-0.3, -0.25) is 4.79 Å². The monoisotopic (exact) mass is 219 g/mol. The average Bonchev–Trinajstić information content (AvgIpc) is 2.93. The predicted molar refractivity (Wildman–Crippen MR) is 65.1 cm³/mol. The molecule has 1 aromatic carbocycles. The van der Waals surface area contributed by atoms with Gasteiger partial charge in [-0.25, -0.2) is 0 Å². The van der Waals surface area contributed by atoms with Crippen LogP contribution in [-0.2, 0) is 0 Å². The van der Waals surface area contributed by atoms with Crippen LogP contribution in [0, 0.1) is 11.8 Å². The van der Waals surface area contributed by atoms with Crippen LogP contribution in [0.3, 0.4) is 0 Å². The maximum absolute atomic E-state index is 11.1. The van der Waals surface area contributed by atoms with Crippen LogP contribution in [0.2, 0.25) is 0 Å². The molecule has 5 N–H and O–H groups in total. The molecule has 0 aliphatic heterocycles. The van der Waals surface area contributed by atoms with E-state index in [0.717, 1.165) is 24.1 Å². The van der Waals surface area contributed by atoms with E-state index in [4.69, 9.17) is 11.5 Å². The Bertz CT molecular complexity index is 417. The molecule has 1 aromatic rings. The van der Waals surface area contributed by atoms with Crippen molar-refractivity contribution in [2.75, 3.05) is 17.6 Å². The largest absolute Gasteiger partial charge is 0.396 e. The minimum atomic E-state index is -0.485. The Morgan fingerprint density at radius 1 is 1.56 bits per heavy atom. The number of hydrogen-bond donors (Lipinski definition) is 3. The number of nitrogen functional groups attached to an aromatic ring is 1. The summed E-state index contributed by atoms with van der Waals surface area (Å²) in [6.07, 6.45) is 1.27. The van der Waals surface area contributed by atoms with Crippen LogP contribution < -0.4 is 16.8 Å². The second-order valence-corrected chi connectivity index (χ2v) is 4.49. The summed E-state index contributed by atoms with van der Waals surface area (Å²) in [6, 6.07) is 5.30. The van der Waals surface area contributed by atoms with Crippen molar-refractivity contribution >= 4 is 17.3 Å². The Morgan fingerprint density at radius 2 is 2.25 bits per heavy atom. The van der Waals surface area contributed by atoms with Crippen LogP contribution in [0.15, 0.2) is 18.2 Å². The van der Waals surface area contributed by atoms with Crippen molar-refractivity contribution in [3.05, 3.63) is 23.8 Å². The summed E-state index contributed by atoms with van der Waals surface area (Å²) in [6.45, 7) is 3.14. The molecule has 0 spiro atoms. The maximum Gasteiger partial charge on any atom is 0.250 e. The van der Waals surface area contributed by atoms with Crippen LogP contribution in [0.25, 0.3) is 0 Å². The van der Waals surface area contributed by atoms with Crippen LogP contribution in [-0.4, -0.2) is 12.5 Å². The van der Waals surface area contributed by atoms with E-state index in [1.807, 2.05) is 6.07 Å². The molecule has 16 heavy (non-hydrogen) atoms. The van der Waals surface area contributed by atoms with Gasteiger partial charge in [0, 0.05) is 6.54 Å². The standard InChI is InChI=1S/C12H17N3O/c1-7-5-8(7)6-15-10-4-2-3-9(11(10)13)12(14)16/h2-4,7-8,15H,5-6,13H2,1H3,(H2,14,16). The predicted octanol–water partition coefficient (Wildman–Crippen LogP) is 1.44. The first kappa shape index (κ1) is 10.8. The molecular formula is C12H17N3O. The van der Waals surface area contributed by atoms with E-state index in [2.05, 4.69) is 12.2 Å². The van der Waals surface area contributed by atoms with Crippen molar-refractivity contribution in [1.82, 2.24) is 0 Å². The molecule has 0 heterocycles. The summed E-state index contributed by atoms with van der Waals surface area (Å²) in [5.74, 6) is 1.05. The Labute approximate surface area is 95.0 Å². The lowest BCUT2D eigenvalue weighted by Gasteiger charge is -2.11. The number of nitrogens with one attached hydrogen (secondary N) is 1. The highest BCUT2D eigenvalue weighted by Gasteiger charge is 2.31. The van der Waals surface area contributed by atoms with E-state index in [0.29, 0.717) is 11.3 Å². The van der Waals surface area contributed by atoms with Crippen molar-refractivity contribution < 1.29 is 4.79 Å². The highest BCUT2D eigenvalue weighted by atomic mass is 16.1. The molecule has 0 saturated heterocycles. The number of carbonyl (C=O) groups excluding carboxylic acids is 1. The average molecular weight is 219 g/mol. The van der Waals surface area contributed by atoms with Gasteiger partial charge in [0.15, 0.2) is 0 Å². The molecule has 0 radical (unpaired) electrons. The molecule has 0 bridgehead atoms. The molecule has 1 fully saturated rings. The molecule has 86 valence electrons. The summed E-state index contributed by atoms with van der Waals surface area (Å²) in [5, 5.41) is 3.27. The SMILES string of the molecule is CC1CC1CNc1cccc(C(N)=O)c1N. The zero-order chi connectivity index (χ0) is 11.7. The van der Waals surface area contributed by atoms with Gasteiger partial charge in [0.25, 0.3) is 5.91 Å². The second-order valence-electron chi connectivity index (χ2n) is 4.49. The van der Waals surface area contributed by atoms with Gasteiger partial charge in [0.1, 0.15) is 0 Å². The lowest BCUT2D eigenvalue weighted by atomic mass is 10.1. The maximum atomic E-state index is 11.1. The molecule has 1 amide bonds. The Hall–Kier alpha value is -1.71. The Kier molecular flexibility index (Phi) is 2.73. The smallest absolute Gasteiger partial charge is 0.250 e. The third-order valence-corrected chi connectivity index (χ3v) is 3.20. The van der Waals surface area contributed by atoms with E-state index in [1.165, 1.54) is 6.42 Å². The van der Waals surface area contributed by atoms with Crippen LogP contribution >= 0.6 is 0 Å². The molecule has 1 aliphatic carbocycles. The molecule has 1 saturated carbocycles. The van der Waals surface area contributed by atoms with Crippen molar-refractivity contribution in [1.29, 1.82) is 0 Å². The van der Waals surface area contributed by atoms with E-state index >= 15 is 0 Å². The number of hydrogen-bond acceptors (Lipinski definition) is 3. The fourth-order valence-corrected chi connectivity index (χ4v) is 1.86. The highest BCUT2D eigenvalue weighted by molar-refractivity contribution is 6.00. The zero-order valence-corrected chi connectivity index (χ0v) is 9.36. The van der Waals surface area contributed by atoms with Crippen LogP contribution in [0.4, 0.5) is 11.4 Å². The number of benzene rings is 1. The molecule has 1 aliphatic rings. The molecule has 0 aromatic heterocycles. The number of carbonyl (C=O) groups is 1. The minimum Gasteiger partial charge on any atom is -0.396 e. The Balaban J connectivity index is 2.08. The first-order chi connectivity index (χ1) is 7.59. The first-order valence-corrected chi connectivity index (χ1v) is 5.51. The third kappa shape index (κ3) is 2.10. The normalized spacial score (nSPS) is 22.8. The molecule has 2 unspecified atom stereocenters. The number of nitrogens with two attached hydrogens (primary N) is 2. The summed E-state index contributed by atoms with van der Waals surface area (Å²) < 4.78 is 0. The molecule has 2 rings (SSSR count). The van der Waals surface area contributed by atoms with Gasteiger partial charge in [-0.2, -0.15) is 0 Å². The molecule has 2 atom stereocenters. The van der Waals surface area contributed by atoms with Crippen molar-refractivity contribution in [3.8, 4) is 0 Å². The number of primary amides is 1. The fourth-order valence-electron chi connectivity index (χ4n) is 1.86. The van der Waals surface area contributed by atoms with Gasteiger partial charge in [-0.15, -0.1) is 0 Å². The van der Waals surface area contributed by atoms with Crippen molar-refractivity contribution in [2.24, 2.45) is 17.6 Å². The quantitative estimate of drug-likeness (QED) is 0.670. The first-order valence-electron chi connectivity index (χ1n) is 5.51. The summed E-state index contributed by atoms with van der Waals surface area (Å²) in [7, 11) is 0. The van der Waals surface area contributed by atoms with Crippen LogP contribution in [0.5, 0.6) is 0 Å². The van der Waals surface area contributed by atoms with Gasteiger partial charge in [0.05, 0.1) is 16.9 Å². The second kappa shape index (κ2) is 4.04. The number of anilines is 2. The highest BCUT2D eigenvalue weighted by Crippen LogP contribution is 2.38. The summed E-state index contributed by atoms with van der Waals surface area (Å²) in [4.78, 5) is 11.1. The number of para-hydroxylation sites is 1. The topological polar surface area (TPSA) is 81.1 Å². The fraction of sp³-hybridized carbons (Fsp3) is 0.417. The zero-order valence-electron chi connectivity index (χ0n) is 9.36. The van der Waals surface area contributed by atoms with E-state index < -0.39 is 5.91 Å². The number of amides is 1. The summed E-state index contributed by atoms with van der Waals surface area (Å²) >= 11 is 0. The summed E-state index contributed by atoms with van der Waals surface area (Å²) in [5.41, 5.74) is 12.7. The molecule has 4 heteroatoms. The Morgan fingerprint density at radius 3 is 2.81 bits per heavy atom. The van der Waals surface area contributed by atoms with E-state index in [-0.39, 0.29) is 0 Å². The van der Waals surface area contributed by atoms with Crippen molar-refractivity contribution in [2.45, 2.75) is 13.3 Å². The molecular weight excluding hydrogens is 202 g/mol. The van der Waals surface area contributed by atoms with Gasteiger partial charge in [-0.1, -0.05) is 13.0 Å². The van der Waals surface area contributed by atoms with Gasteiger partial charge < -0.3 is 16.8 Å². The lowest BCUT2D eigenvalue weighted by molar-refractivity contribution is 0.100. The van der Waals surface area contributed by atoms with Crippen LogP contribution in [0.1, 0.15) is 23.7 Å². The van der Waals surface area contributed by atoms with Crippen molar-refractivity contribution in [3.63, 3.8) is 0 Å². The third-order valence-electron chi connectivity index (χ3n) is 3.20.